The molecule has 24 heavy (non-hydrogen) atoms. The van der Waals surface area contributed by atoms with Crippen molar-refractivity contribution < 1.29 is 5.11 Å². The van der Waals surface area contributed by atoms with Crippen LogP contribution in [0.25, 0.3) is 0 Å². The first-order valence-electron chi connectivity index (χ1n) is 7.87. The third-order valence-electron chi connectivity index (χ3n) is 3.59. The molecule has 0 atom stereocenters. The van der Waals surface area contributed by atoms with E-state index in [1.807, 2.05) is 61.5 Å². The maximum absolute atomic E-state index is 9.18. The van der Waals surface area contributed by atoms with Crippen LogP contribution in [0.3, 0.4) is 0 Å². The molecule has 1 heterocycles. The van der Waals surface area contributed by atoms with E-state index < -0.39 is 0 Å². The van der Waals surface area contributed by atoms with Crippen LogP contribution in [0.4, 0.5) is 23.1 Å². The lowest BCUT2D eigenvalue weighted by atomic mass is 10.1. The molecule has 0 aliphatic carbocycles. The van der Waals surface area contributed by atoms with Crippen LogP contribution in [0.15, 0.2) is 60.8 Å². The summed E-state index contributed by atoms with van der Waals surface area (Å²) in [6.45, 7) is 2.16. The van der Waals surface area contributed by atoms with E-state index in [9.17, 15) is 5.11 Å². The molecule has 0 aliphatic heterocycles. The fourth-order valence-electron chi connectivity index (χ4n) is 2.46. The minimum atomic E-state index is 0.114. The molecule has 3 aromatic rings. The van der Waals surface area contributed by atoms with Gasteiger partial charge in [-0.2, -0.15) is 4.98 Å². The van der Waals surface area contributed by atoms with Crippen molar-refractivity contribution in [2.24, 2.45) is 0 Å². The lowest BCUT2D eigenvalue weighted by Crippen LogP contribution is -2.02. The monoisotopic (exact) mass is 320 g/mol. The number of aromatic nitrogens is 2. The molecule has 122 valence electrons. The highest BCUT2D eigenvalue weighted by atomic mass is 16.2. The molecule has 5 nitrogen and oxygen atoms in total. The van der Waals surface area contributed by atoms with Gasteiger partial charge in [0.05, 0.1) is 0 Å². The van der Waals surface area contributed by atoms with Crippen molar-refractivity contribution in [1.29, 1.82) is 0 Å². The Morgan fingerprint density at radius 2 is 1.88 bits per heavy atom. The topological polar surface area (TPSA) is 70.1 Å². The molecule has 2 aromatic carbocycles. The predicted octanol–water partition coefficient (Wildman–Crippen LogP) is 3.81. The van der Waals surface area contributed by atoms with Crippen LogP contribution in [0.5, 0.6) is 0 Å². The van der Waals surface area contributed by atoms with E-state index in [4.69, 9.17) is 0 Å². The third-order valence-corrected chi connectivity index (χ3v) is 3.59. The highest BCUT2D eigenvalue weighted by Crippen LogP contribution is 2.21. The van der Waals surface area contributed by atoms with Crippen molar-refractivity contribution in [1.82, 2.24) is 9.97 Å². The van der Waals surface area contributed by atoms with Gasteiger partial charge in [-0.1, -0.05) is 30.3 Å². The number of anilines is 4. The van der Waals surface area contributed by atoms with Gasteiger partial charge in [0.2, 0.25) is 5.95 Å². The number of benzene rings is 2. The molecule has 0 amide bonds. The minimum absolute atomic E-state index is 0.114. The maximum atomic E-state index is 9.18. The van der Waals surface area contributed by atoms with Gasteiger partial charge in [-0.05, 0) is 48.7 Å². The summed E-state index contributed by atoms with van der Waals surface area (Å²) < 4.78 is 0. The number of aliphatic hydroxyl groups excluding tert-OH is 1. The van der Waals surface area contributed by atoms with Crippen molar-refractivity contribution >= 4 is 23.1 Å². The van der Waals surface area contributed by atoms with Crippen LogP contribution < -0.4 is 10.6 Å². The summed E-state index contributed by atoms with van der Waals surface area (Å²) in [7, 11) is 0. The van der Waals surface area contributed by atoms with Gasteiger partial charge in [-0.25, -0.2) is 4.98 Å². The molecule has 0 saturated heterocycles. The third kappa shape index (κ3) is 4.08. The van der Waals surface area contributed by atoms with Gasteiger partial charge >= 0.3 is 0 Å². The fourth-order valence-corrected chi connectivity index (χ4v) is 2.46. The minimum Gasteiger partial charge on any atom is -0.396 e. The number of nitrogens with zero attached hydrogens (tertiary/aromatic N) is 2. The first-order chi connectivity index (χ1) is 11.7. The van der Waals surface area contributed by atoms with Gasteiger partial charge in [0.25, 0.3) is 0 Å². The van der Waals surface area contributed by atoms with E-state index in [-0.39, 0.29) is 6.61 Å². The van der Waals surface area contributed by atoms with Gasteiger partial charge in [0, 0.05) is 24.2 Å². The Morgan fingerprint density at radius 3 is 2.71 bits per heavy atom. The Balaban J connectivity index is 1.78. The first kappa shape index (κ1) is 16.0. The van der Waals surface area contributed by atoms with Crippen LogP contribution >= 0.6 is 0 Å². The van der Waals surface area contributed by atoms with E-state index >= 15 is 0 Å². The van der Waals surface area contributed by atoms with Gasteiger partial charge < -0.3 is 15.7 Å². The Hall–Kier alpha value is -2.92. The molecule has 3 rings (SSSR count). The molecular weight excluding hydrogens is 300 g/mol. The van der Waals surface area contributed by atoms with E-state index in [0.717, 1.165) is 16.9 Å². The summed E-state index contributed by atoms with van der Waals surface area (Å²) in [6.07, 6.45) is 2.31. The average molecular weight is 320 g/mol. The summed E-state index contributed by atoms with van der Waals surface area (Å²) >= 11 is 0. The number of rotatable bonds is 6. The van der Waals surface area contributed by atoms with E-state index in [1.54, 1.807) is 6.20 Å². The first-order valence-corrected chi connectivity index (χ1v) is 7.87. The summed E-state index contributed by atoms with van der Waals surface area (Å²) in [6, 6.07) is 17.8. The zero-order valence-electron chi connectivity index (χ0n) is 13.5. The summed E-state index contributed by atoms with van der Waals surface area (Å²) in [5.74, 6) is 1.23. The molecule has 0 bridgehead atoms. The molecule has 0 aliphatic rings. The van der Waals surface area contributed by atoms with Gasteiger partial charge in [-0.3, -0.25) is 0 Å². The Bertz CT molecular complexity index is 820. The average Bonchev–Trinajstić information content (AvgIpc) is 2.57. The molecule has 5 heteroatoms. The number of aryl methyl sites for hydroxylation is 1. The number of hydrogen-bond acceptors (Lipinski definition) is 5. The maximum Gasteiger partial charge on any atom is 0.229 e. The molecular formula is C19H20N4O. The molecule has 0 spiro atoms. The van der Waals surface area contributed by atoms with E-state index in [2.05, 4.69) is 20.6 Å². The van der Waals surface area contributed by atoms with Crippen molar-refractivity contribution in [2.45, 2.75) is 13.3 Å². The van der Waals surface area contributed by atoms with Crippen LogP contribution in [0.2, 0.25) is 0 Å². The zero-order chi connectivity index (χ0) is 16.8. The number of aliphatic hydroxyl groups is 1. The Labute approximate surface area is 141 Å². The standard InChI is InChI=1S/C19H20N4O/c1-14-5-4-7-16(13-14)21-19-20-11-9-18(23-19)22-17-8-3-2-6-15(17)10-12-24/h2-9,11,13,24H,10,12H2,1H3,(H2,20,21,22,23). The summed E-state index contributed by atoms with van der Waals surface area (Å²) in [4.78, 5) is 8.76. The smallest absolute Gasteiger partial charge is 0.229 e. The van der Waals surface area contributed by atoms with Gasteiger partial charge in [0.15, 0.2) is 0 Å². The van der Waals surface area contributed by atoms with E-state index in [0.29, 0.717) is 18.2 Å². The van der Waals surface area contributed by atoms with Crippen LogP contribution in [-0.2, 0) is 6.42 Å². The van der Waals surface area contributed by atoms with Crippen LogP contribution in [0.1, 0.15) is 11.1 Å². The summed E-state index contributed by atoms with van der Waals surface area (Å²) in [5.41, 5.74) is 4.11. The van der Waals surface area contributed by atoms with Gasteiger partial charge in [-0.15, -0.1) is 0 Å². The second-order valence-electron chi connectivity index (χ2n) is 5.52. The number of para-hydroxylation sites is 1. The summed E-state index contributed by atoms with van der Waals surface area (Å²) in [5, 5.41) is 15.7. The fraction of sp³-hybridized carbons (Fsp3) is 0.158. The highest BCUT2D eigenvalue weighted by Gasteiger charge is 2.04. The highest BCUT2D eigenvalue weighted by molar-refractivity contribution is 5.62. The van der Waals surface area contributed by atoms with Crippen molar-refractivity contribution in [3.8, 4) is 0 Å². The lowest BCUT2D eigenvalue weighted by Gasteiger charge is -2.12. The molecule has 3 N–H and O–H groups in total. The largest absolute Gasteiger partial charge is 0.396 e. The zero-order valence-corrected chi connectivity index (χ0v) is 13.5. The van der Waals surface area contributed by atoms with Crippen LogP contribution in [0, 0.1) is 6.92 Å². The van der Waals surface area contributed by atoms with Crippen LogP contribution in [-0.4, -0.2) is 21.7 Å². The quantitative estimate of drug-likeness (QED) is 0.644. The van der Waals surface area contributed by atoms with Crippen molar-refractivity contribution in [3.63, 3.8) is 0 Å². The lowest BCUT2D eigenvalue weighted by molar-refractivity contribution is 0.300. The number of hydrogen-bond donors (Lipinski definition) is 3. The SMILES string of the molecule is Cc1cccc(Nc2nccc(Nc3ccccc3CCO)n2)c1. The van der Waals surface area contributed by atoms with E-state index in [1.165, 1.54) is 5.56 Å². The molecule has 0 saturated carbocycles. The normalized spacial score (nSPS) is 10.4. The second-order valence-corrected chi connectivity index (χ2v) is 5.52. The van der Waals surface area contributed by atoms with Gasteiger partial charge in [0.1, 0.15) is 5.82 Å². The molecule has 0 radical (unpaired) electrons. The Kier molecular flexibility index (Phi) is 5.03. The van der Waals surface area contributed by atoms with Crippen molar-refractivity contribution in [3.05, 3.63) is 71.9 Å². The van der Waals surface area contributed by atoms with Crippen molar-refractivity contribution in [2.75, 3.05) is 17.2 Å². The second kappa shape index (κ2) is 7.57. The Morgan fingerprint density at radius 1 is 1.00 bits per heavy atom. The number of nitrogens with one attached hydrogen (secondary N) is 2. The molecule has 0 unspecified atom stereocenters. The molecule has 1 aromatic heterocycles. The molecule has 0 fully saturated rings. The predicted molar refractivity (Wildman–Crippen MR) is 97.0 cm³/mol.